The molecule has 0 radical (unpaired) electrons. The molecule has 37 heavy (non-hydrogen) atoms. The Kier molecular flexibility index (Phi) is 7.46. The molecular weight excluding hydrogens is 508 g/mol. The van der Waals surface area contributed by atoms with Crippen molar-refractivity contribution >= 4 is 38.5 Å². The average molecular weight is 539 g/mol. The summed E-state index contributed by atoms with van der Waals surface area (Å²) in [5.41, 5.74) is 1.70. The third-order valence-corrected chi connectivity index (χ3v) is 8.96. The molecular formula is C27H31ClN6O2S. The van der Waals surface area contributed by atoms with Gasteiger partial charge in [0.05, 0.1) is 22.2 Å². The average Bonchev–Trinajstić information content (AvgIpc) is 3.17. The molecule has 2 aromatic heterocycles. The van der Waals surface area contributed by atoms with Gasteiger partial charge in [-0.25, -0.2) is 23.1 Å². The molecule has 1 fully saturated rings. The first-order valence-corrected chi connectivity index (χ1v) is 14.5. The van der Waals surface area contributed by atoms with Crippen molar-refractivity contribution in [2.24, 2.45) is 0 Å². The largest absolute Gasteiger partial charge is 0.355 e. The highest BCUT2D eigenvalue weighted by atomic mass is 35.5. The highest BCUT2D eigenvalue weighted by molar-refractivity contribution is 7.89. The van der Waals surface area contributed by atoms with Crippen LogP contribution in [0.3, 0.4) is 0 Å². The van der Waals surface area contributed by atoms with Gasteiger partial charge in [-0.2, -0.15) is 9.40 Å². The molecule has 4 aromatic rings. The summed E-state index contributed by atoms with van der Waals surface area (Å²) in [5.74, 6) is 1.80. The molecule has 194 valence electrons. The Labute approximate surface area is 223 Å². The number of aromatic nitrogens is 4. The molecule has 0 amide bonds. The summed E-state index contributed by atoms with van der Waals surface area (Å²) in [7, 11) is -3.61. The van der Waals surface area contributed by atoms with Crippen molar-refractivity contribution in [3.8, 4) is 5.69 Å². The van der Waals surface area contributed by atoms with Gasteiger partial charge < -0.3 is 4.90 Å². The maximum absolute atomic E-state index is 13.3. The van der Waals surface area contributed by atoms with Gasteiger partial charge >= 0.3 is 0 Å². The van der Waals surface area contributed by atoms with Crippen molar-refractivity contribution in [1.82, 2.24) is 24.1 Å². The summed E-state index contributed by atoms with van der Waals surface area (Å²) in [6, 6.07) is 16.3. The summed E-state index contributed by atoms with van der Waals surface area (Å²) in [6.07, 6.45) is 4.53. The van der Waals surface area contributed by atoms with E-state index in [1.54, 1.807) is 28.6 Å². The highest BCUT2D eigenvalue weighted by Gasteiger charge is 2.29. The van der Waals surface area contributed by atoms with Gasteiger partial charge in [-0.15, -0.1) is 0 Å². The van der Waals surface area contributed by atoms with Crippen molar-refractivity contribution in [2.45, 2.75) is 43.9 Å². The molecule has 1 unspecified atom stereocenters. The molecule has 1 saturated heterocycles. The van der Waals surface area contributed by atoms with Gasteiger partial charge in [0, 0.05) is 37.1 Å². The van der Waals surface area contributed by atoms with Gasteiger partial charge in [-0.1, -0.05) is 50.1 Å². The molecule has 10 heteroatoms. The van der Waals surface area contributed by atoms with Crippen molar-refractivity contribution in [3.05, 3.63) is 71.6 Å². The van der Waals surface area contributed by atoms with Gasteiger partial charge in [-0.3, -0.25) is 0 Å². The number of rotatable bonds is 7. The maximum atomic E-state index is 13.3. The highest BCUT2D eigenvalue weighted by Crippen LogP contribution is 2.30. The molecule has 8 nitrogen and oxygen atoms in total. The molecule has 0 bridgehead atoms. The Bertz CT molecular complexity index is 1470. The minimum Gasteiger partial charge on any atom is -0.355 e. The van der Waals surface area contributed by atoms with Crippen LogP contribution in [0.4, 0.5) is 5.82 Å². The number of halogens is 1. The van der Waals surface area contributed by atoms with Crippen molar-refractivity contribution in [1.29, 1.82) is 0 Å². The fourth-order valence-corrected chi connectivity index (χ4v) is 6.39. The van der Waals surface area contributed by atoms with E-state index in [0.717, 1.165) is 41.2 Å². The number of fused-ring (bicyclic) bond motifs is 1. The topological polar surface area (TPSA) is 84.2 Å². The second-order valence-corrected chi connectivity index (χ2v) is 11.8. The Hall–Kier alpha value is -3.01. The number of hydrogen-bond acceptors (Lipinski definition) is 6. The minimum atomic E-state index is -3.61. The molecule has 2 aromatic carbocycles. The van der Waals surface area contributed by atoms with Gasteiger partial charge in [0.1, 0.15) is 11.6 Å². The first kappa shape index (κ1) is 25.6. The van der Waals surface area contributed by atoms with E-state index in [-0.39, 0.29) is 10.8 Å². The molecule has 1 aliphatic rings. The molecule has 0 N–H and O–H groups in total. The number of para-hydroxylation sites is 1. The summed E-state index contributed by atoms with van der Waals surface area (Å²) < 4.78 is 30.0. The number of benzene rings is 2. The second kappa shape index (κ2) is 10.8. The fraction of sp³-hybridized carbons (Fsp3) is 0.370. The number of sulfonamides is 1. The lowest BCUT2D eigenvalue weighted by Crippen LogP contribution is -2.35. The van der Waals surface area contributed by atoms with Gasteiger partial charge in [-0.05, 0) is 49.2 Å². The third kappa shape index (κ3) is 5.21. The van der Waals surface area contributed by atoms with Gasteiger partial charge in [0.25, 0.3) is 0 Å². The lowest BCUT2D eigenvalue weighted by molar-refractivity contribution is 0.433. The van der Waals surface area contributed by atoms with Crippen molar-refractivity contribution < 1.29 is 8.42 Å². The van der Waals surface area contributed by atoms with Crippen LogP contribution in [0.2, 0.25) is 5.02 Å². The molecule has 1 aliphatic heterocycles. The predicted octanol–water partition coefficient (Wildman–Crippen LogP) is 5.27. The van der Waals surface area contributed by atoms with Crippen LogP contribution in [0.5, 0.6) is 0 Å². The van der Waals surface area contributed by atoms with E-state index in [4.69, 9.17) is 21.6 Å². The van der Waals surface area contributed by atoms with E-state index in [2.05, 4.69) is 23.8 Å². The lowest BCUT2D eigenvalue weighted by Gasteiger charge is -2.24. The van der Waals surface area contributed by atoms with Crippen molar-refractivity contribution in [3.63, 3.8) is 0 Å². The quantitative estimate of drug-likeness (QED) is 0.318. The Balaban J connectivity index is 1.50. The van der Waals surface area contributed by atoms with E-state index in [1.165, 1.54) is 0 Å². The van der Waals surface area contributed by atoms with Crippen LogP contribution in [0.15, 0.2) is 65.7 Å². The molecule has 0 saturated carbocycles. The molecule has 1 atom stereocenters. The third-order valence-electron chi connectivity index (χ3n) is 6.79. The summed E-state index contributed by atoms with van der Waals surface area (Å²) in [4.78, 5) is 12.4. The summed E-state index contributed by atoms with van der Waals surface area (Å²) in [5, 5.41) is 6.04. The van der Waals surface area contributed by atoms with Gasteiger partial charge in [0.15, 0.2) is 5.65 Å². The SMILES string of the molecule is CCCC(C)c1nc(N2CCCN(S(=O)(=O)c3ccc(Cl)cc3)CC2)c2cnn(-c3ccccc3)c2n1. The van der Waals surface area contributed by atoms with E-state index in [9.17, 15) is 8.42 Å². The first-order chi connectivity index (χ1) is 17.9. The van der Waals surface area contributed by atoms with E-state index in [0.29, 0.717) is 37.6 Å². The van der Waals surface area contributed by atoms with E-state index >= 15 is 0 Å². The Morgan fingerprint density at radius 3 is 2.46 bits per heavy atom. The molecule has 5 rings (SSSR count). The number of anilines is 1. The zero-order valence-corrected chi connectivity index (χ0v) is 22.7. The Morgan fingerprint density at radius 2 is 1.73 bits per heavy atom. The van der Waals surface area contributed by atoms with Crippen LogP contribution in [-0.4, -0.2) is 58.7 Å². The maximum Gasteiger partial charge on any atom is 0.243 e. The normalized spacial score (nSPS) is 16.1. The van der Waals surface area contributed by atoms with Crippen molar-refractivity contribution in [2.75, 3.05) is 31.1 Å². The number of hydrogen-bond donors (Lipinski definition) is 0. The number of nitrogens with zero attached hydrogens (tertiary/aromatic N) is 6. The van der Waals surface area contributed by atoms with Crippen LogP contribution in [0.25, 0.3) is 16.7 Å². The summed E-state index contributed by atoms with van der Waals surface area (Å²) >= 11 is 5.97. The van der Waals surface area contributed by atoms with Crippen LogP contribution in [0.1, 0.15) is 44.9 Å². The van der Waals surface area contributed by atoms with Crippen LogP contribution < -0.4 is 4.90 Å². The van der Waals surface area contributed by atoms with Crippen LogP contribution >= 0.6 is 11.6 Å². The zero-order chi connectivity index (χ0) is 26.0. The molecule has 3 heterocycles. The second-order valence-electron chi connectivity index (χ2n) is 9.42. The standard InChI is InChI=1S/C27H31ClN6O2S/c1-3-8-20(2)25-30-26(24-19-29-34(27(24)31-25)22-9-5-4-6-10-22)32-15-7-16-33(18-17-32)37(35,36)23-13-11-21(28)12-14-23/h4-6,9-14,19-20H,3,7-8,15-18H2,1-2H3. The van der Waals surface area contributed by atoms with Gasteiger partial charge in [0.2, 0.25) is 10.0 Å². The minimum absolute atomic E-state index is 0.195. The smallest absolute Gasteiger partial charge is 0.243 e. The lowest BCUT2D eigenvalue weighted by atomic mass is 10.1. The van der Waals surface area contributed by atoms with Crippen LogP contribution in [0, 0.1) is 0 Å². The van der Waals surface area contributed by atoms with E-state index < -0.39 is 10.0 Å². The Morgan fingerprint density at radius 1 is 0.973 bits per heavy atom. The van der Waals surface area contributed by atoms with E-state index in [1.807, 2.05) is 41.2 Å². The fourth-order valence-electron chi connectivity index (χ4n) is 4.79. The molecule has 0 spiro atoms. The molecule has 0 aliphatic carbocycles. The van der Waals surface area contributed by atoms with Crippen LogP contribution in [-0.2, 0) is 10.0 Å². The predicted molar refractivity (Wildman–Crippen MR) is 147 cm³/mol. The zero-order valence-electron chi connectivity index (χ0n) is 21.1. The first-order valence-electron chi connectivity index (χ1n) is 12.7. The monoisotopic (exact) mass is 538 g/mol. The summed E-state index contributed by atoms with van der Waals surface area (Å²) in [6.45, 7) is 6.34.